The number of hydrogen-bond donors (Lipinski definition) is 2. The van der Waals surface area contributed by atoms with Crippen LogP contribution in [0.2, 0.25) is 0 Å². The minimum atomic E-state index is -0.922. The van der Waals surface area contributed by atoms with Crippen molar-refractivity contribution in [1.82, 2.24) is 4.98 Å². The number of halogens is 4. The van der Waals surface area contributed by atoms with E-state index in [9.17, 15) is 22.4 Å². The molecular formula is C18H11F4N3O. The Hall–Kier alpha value is -3.42. The molecule has 0 aliphatic rings. The highest BCUT2D eigenvalue weighted by molar-refractivity contribution is 6.04. The van der Waals surface area contributed by atoms with Gasteiger partial charge in [-0.05, 0) is 30.3 Å². The van der Waals surface area contributed by atoms with Gasteiger partial charge in [0.05, 0.1) is 28.8 Å². The summed E-state index contributed by atoms with van der Waals surface area (Å²) in [4.78, 5) is 16.1. The van der Waals surface area contributed by atoms with Gasteiger partial charge in [0, 0.05) is 18.3 Å². The van der Waals surface area contributed by atoms with Gasteiger partial charge in [0.25, 0.3) is 5.91 Å². The molecule has 0 bridgehead atoms. The van der Waals surface area contributed by atoms with Crippen molar-refractivity contribution in [2.24, 2.45) is 0 Å². The third kappa shape index (κ3) is 3.97. The van der Waals surface area contributed by atoms with Crippen LogP contribution in [0.25, 0.3) is 0 Å². The molecule has 1 heterocycles. The Bertz CT molecular complexity index is 978. The van der Waals surface area contributed by atoms with Crippen LogP contribution in [-0.2, 0) is 0 Å². The van der Waals surface area contributed by atoms with Crippen molar-refractivity contribution in [1.29, 1.82) is 0 Å². The maximum Gasteiger partial charge on any atom is 0.257 e. The largest absolute Gasteiger partial charge is 0.352 e. The van der Waals surface area contributed by atoms with Gasteiger partial charge in [0.1, 0.15) is 23.3 Å². The summed E-state index contributed by atoms with van der Waals surface area (Å²) >= 11 is 0. The molecule has 8 heteroatoms. The first kappa shape index (κ1) is 17.4. The molecule has 1 aromatic heterocycles. The fourth-order valence-electron chi connectivity index (χ4n) is 2.16. The molecule has 0 spiro atoms. The van der Waals surface area contributed by atoms with E-state index in [1.165, 1.54) is 24.5 Å². The summed E-state index contributed by atoms with van der Waals surface area (Å²) in [7, 11) is 0. The third-order valence-corrected chi connectivity index (χ3v) is 3.39. The molecule has 0 fully saturated rings. The first-order valence-electron chi connectivity index (χ1n) is 7.36. The highest BCUT2D eigenvalue weighted by atomic mass is 19.1. The van der Waals surface area contributed by atoms with Crippen LogP contribution in [0.1, 0.15) is 10.4 Å². The number of aromatic nitrogens is 1. The first-order valence-corrected chi connectivity index (χ1v) is 7.36. The average Bonchev–Trinajstić information content (AvgIpc) is 2.60. The molecule has 0 atom stereocenters. The molecular weight excluding hydrogens is 350 g/mol. The predicted molar refractivity (Wildman–Crippen MR) is 88.2 cm³/mol. The Kier molecular flexibility index (Phi) is 4.83. The van der Waals surface area contributed by atoms with Gasteiger partial charge in [-0.15, -0.1) is 0 Å². The molecule has 2 N–H and O–H groups in total. The molecule has 0 saturated heterocycles. The van der Waals surface area contributed by atoms with Gasteiger partial charge < -0.3 is 10.6 Å². The Labute approximate surface area is 145 Å². The van der Waals surface area contributed by atoms with Crippen molar-refractivity contribution in [3.63, 3.8) is 0 Å². The van der Waals surface area contributed by atoms with Gasteiger partial charge >= 0.3 is 0 Å². The molecule has 0 aliphatic carbocycles. The van der Waals surface area contributed by atoms with E-state index in [0.29, 0.717) is 12.1 Å². The molecule has 2 aromatic carbocycles. The van der Waals surface area contributed by atoms with E-state index >= 15 is 0 Å². The number of nitrogens with one attached hydrogen (secondary N) is 2. The first-order chi connectivity index (χ1) is 12.4. The fraction of sp³-hybridized carbons (Fsp3) is 0. The summed E-state index contributed by atoms with van der Waals surface area (Å²) in [6.45, 7) is 0. The Morgan fingerprint density at radius 3 is 2.04 bits per heavy atom. The molecule has 4 nitrogen and oxygen atoms in total. The number of benzene rings is 2. The maximum absolute atomic E-state index is 13.7. The second-order valence-corrected chi connectivity index (χ2v) is 5.29. The van der Waals surface area contributed by atoms with Gasteiger partial charge in [-0.1, -0.05) is 0 Å². The van der Waals surface area contributed by atoms with Gasteiger partial charge in [-0.25, -0.2) is 17.6 Å². The number of nitrogens with zero attached hydrogens (tertiary/aromatic N) is 1. The summed E-state index contributed by atoms with van der Waals surface area (Å²) in [5.41, 5.74) is 0.124. The van der Waals surface area contributed by atoms with E-state index in [0.717, 1.165) is 18.2 Å². The van der Waals surface area contributed by atoms with Crippen molar-refractivity contribution < 1.29 is 22.4 Å². The van der Waals surface area contributed by atoms with Crippen molar-refractivity contribution >= 4 is 23.0 Å². The van der Waals surface area contributed by atoms with Gasteiger partial charge in [0.15, 0.2) is 0 Å². The van der Waals surface area contributed by atoms with Crippen LogP contribution in [0.15, 0.2) is 54.9 Å². The van der Waals surface area contributed by atoms with Crippen molar-refractivity contribution in [2.75, 3.05) is 10.6 Å². The molecule has 26 heavy (non-hydrogen) atoms. The van der Waals surface area contributed by atoms with Gasteiger partial charge in [-0.3, -0.25) is 9.78 Å². The van der Waals surface area contributed by atoms with Crippen molar-refractivity contribution in [2.45, 2.75) is 0 Å². The zero-order valence-electron chi connectivity index (χ0n) is 13.1. The average molecular weight is 361 g/mol. The molecule has 3 rings (SSSR count). The standard InChI is InChI=1S/C18H11F4N3O/c19-11-1-3-16(14(21)6-11)24-13-5-10(8-23-9-13)18(26)25-17-4-2-12(20)7-15(17)22/h1-9,24H,(H,25,26). The lowest BCUT2D eigenvalue weighted by atomic mass is 10.2. The molecule has 3 aromatic rings. The lowest BCUT2D eigenvalue weighted by molar-refractivity contribution is 0.102. The van der Waals surface area contributed by atoms with Gasteiger partial charge in [0.2, 0.25) is 0 Å². The highest BCUT2D eigenvalue weighted by Gasteiger charge is 2.12. The number of carbonyl (C=O) groups excluding carboxylic acids is 1. The molecule has 1 amide bonds. The Morgan fingerprint density at radius 1 is 0.808 bits per heavy atom. The zero-order chi connectivity index (χ0) is 18.7. The van der Waals surface area contributed by atoms with Crippen LogP contribution >= 0.6 is 0 Å². The number of carbonyl (C=O) groups is 1. The fourth-order valence-corrected chi connectivity index (χ4v) is 2.16. The van der Waals surface area contributed by atoms with E-state index in [4.69, 9.17) is 0 Å². The monoisotopic (exact) mass is 361 g/mol. The van der Waals surface area contributed by atoms with Crippen molar-refractivity contribution in [3.05, 3.63) is 83.7 Å². The molecule has 0 saturated carbocycles. The summed E-state index contributed by atoms with van der Waals surface area (Å²) in [5, 5.41) is 4.96. The molecule has 0 aliphatic heterocycles. The summed E-state index contributed by atoms with van der Waals surface area (Å²) < 4.78 is 53.1. The summed E-state index contributed by atoms with van der Waals surface area (Å²) in [6.07, 6.45) is 2.56. The molecule has 132 valence electrons. The smallest absolute Gasteiger partial charge is 0.257 e. The number of anilines is 3. The minimum absolute atomic E-state index is 0.00432. The lowest BCUT2D eigenvalue weighted by Crippen LogP contribution is -2.13. The van der Waals surface area contributed by atoms with Crippen LogP contribution in [0.5, 0.6) is 0 Å². The predicted octanol–water partition coefficient (Wildman–Crippen LogP) is 4.63. The number of pyridine rings is 1. The lowest BCUT2D eigenvalue weighted by Gasteiger charge is -2.10. The van der Waals surface area contributed by atoms with E-state index in [1.54, 1.807) is 0 Å². The van der Waals surface area contributed by atoms with Gasteiger partial charge in [-0.2, -0.15) is 0 Å². The SMILES string of the molecule is O=C(Nc1ccc(F)cc1F)c1cncc(Nc2ccc(F)cc2F)c1. The van der Waals surface area contributed by atoms with E-state index in [-0.39, 0.29) is 22.6 Å². The number of rotatable bonds is 4. The number of hydrogen-bond acceptors (Lipinski definition) is 3. The quantitative estimate of drug-likeness (QED) is 0.666. The molecule has 0 radical (unpaired) electrons. The zero-order valence-corrected chi connectivity index (χ0v) is 13.1. The Balaban J connectivity index is 1.79. The topological polar surface area (TPSA) is 54.0 Å². The Morgan fingerprint density at radius 2 is 1.42 bits per heavy atom. The van der Waals surface area contributed by atoms with Crippen LogP contribution in [0.3, 0.4) is 0 Å². The maximum atomic E-state index is 13.7. The summed E-state index contributed by atoms with van der Waals surface area (Å²) in [5.74, 6) is -3.91. The van der Waals surface area contributed by atoms with Crippen LogP contribution in [0.4, 0.5) is 34.6 Å². The normalized spacial score (nSPS) is 10.5. The highest BCUT2D eigenvalue weighted by Crippen LogP contribution is 2.21. The van der Waals surface area contributed by atoms with Crippen LogP contribution < -0.4 is 10.6 Å². The van der Waals surface area contributed by atoms with E-state index in [2.05, 4.69) is 15.6 Å². The number of amides is 1. The summed E-state index contributed by atoms with van der Waals surface area (Å²) in [6, 6.07) is 7.08. The molecule has 0 unspecified atom stereocenters. The van der Waals surface area contributed by atoms with E-state index in [1.807, 2.05) is 0 Å². The van der Waals surface area contributed by atoms with Crippen LogP contribution in [0, 0.1) is 23.3 Å². The second-order valence-electron chi connectivity index (χ2n) is 5.29. The van der Waals surface area contributed by atoms with E-state index < -0.39 is 29.2 Å². The minimum Gasteiger partial charge on any atom is -0.352 e. The third-order valence-electron chi connectivity index (χ3n) is 3.39. The van der Waals surface area contributed by atoms with Crippen molar-refractivity contribution in [3.8, 4) is 0 Å². The second kappa shape index (κ2) is 7.22. The van der Waals surface area contributed by atoms with Crippen LogP contribution in [-0.4, -0.2) is 10.9 Å².